The van der Waals surface area contributed by atoms with Crippen LogP contribution in [-0.4, -0.2) is 30.6 Å². The first kappa shape index (κ1) is 12.4. The Kier molecular flexibility index (Phi) is 3.40. The third kappa shape index (κ3) is 2.99. The molecule has 0 radical (unpaired) electrons. The van der Waals surface area contributed by atoms with Crippen LogP contribution in [0.25, 0.3) is 0 Å². The number of nitrogens with zero attached hydrogens (tertiary/aromatic N) is 1. The summed E-state index contributed by atoms with van der Waals surface area (Å²) < 4.78 is 0. The number of rotatable bonds is 5. The van der Waals surface area contributed by atoms with Crippen molar-refractivity contribution in [3.63, 3.8) is 0 Å². The Morgan fingerprint density at radius 2 is 2.06 bits per heavy atom. The van der Waals surface area contributed by atoms with Crippen molar-refractivity contribution in [3.05, 3.63) is 29.3 Å². The highest BCUT2D eigenvalue weighted by Crippen LogP contribution is 2.47. The molecule has 1 aromatic rings. The van der Waals surface area contributed by atoms with Crippen LogP contribution in [0.2, 0.25) is 0 Å². The average Bonchev–Trinajstić information content (AvgIpc) is 3.03. The quantitative estimate of drug-likeness (QED) is 0.816. The van der Waals surface area contributed by atoms with Crippen molar-refractivity contribution in [1.82, 2.24) is 4.90 Å². The summed E-state index contributed by atoms with van der Waals surface area (Å²) in [5.41, 5.74) is 8.46. The van der Waals surface area contributed by atoms with Crippen LogP contribution in [0.3, 0.4) is 0 Å². The molecule has 0 amide bonds. The predicted octanol–water partition coefficient (Wildman–Crippen LogP) is 1.74. The largest absolute Gasteiger partial charge is 0.508 e. The Balaban J connectivity index is 2.13. The van der Waals surface area contributed by atoms with Gasteiger partial charge in [0.15, 0.2) is 0 Å². The summed E-state index contributed by atoms with van der Waals surface area (Å²) >= 11 is 0. The van der Waals surface area contributed by atoms with E-state index in [4.69, 9.17) is 5.73 Å². The van der Waals surface area contributed by atoms with E-state index in [2.05, 4.69) is 11.0 Å². The lowest BCUT2D eigenvalue weighted by Crippen LogP contribution is -2.18. The third-order valence-corrected chi connectivity index (χ3v) is 3.60. The van der Waals surface area contributed by atoms with E-state index in [1.807, 2.05) is 20.2 Å². The van der Waals surface area contributed by atoms with Crippen LogP contribution in [0.4, 0.5) is 0 Å². The third-order valence-electron chi connectivity index (χ3n) is 3.60. The van der Waals surface area contributed by atoms with E-state index in [0.29, 0.717) is 11.2 Å². The molecule has 0 atom stereocenters. The molecule has 17 heavy (non-hydrogen) atoms. The minimum atomic E-state index is 0.354. The maximum Gasteiger partial charge on any atom is 0.120 e. The van der Waals surface area contributed by atoms with Crippen LogP contribution in [0, 0.1) is 5.41 Å². The number of aromatic hydroxyl groups is 1. The van der Waals surface area contributed by atoms with Crippen LogP contribution >= 0.6 is 0 Å². The minimum absolute atomic E-state index is 0.354. The summed E-state index contributed by atoms with van der Waals surface area (Å²) in [5.74, 6) is 0.389. The lowest BCUT2D eigenvalue weighted by atomic mass is 9.95. The fourth-order valence-corrected chi connectivity index (χ4v) is 2.28. The van der Waals surface area contributed by atoms with E-state index in [1.165, 1.54) is 18.4 Å². The maximum absolute atomic E-state index is 9.80. The van der Waals surface area contributed by atoms with Gasteiger partial charge in [0.2, 0.25) is 0 Å². The molecule has 0 saturated heterocycles. The van der Waals surface area contributed by atoms with Gasteiger partial charge in [-0.05, 0) is 56.9 Å². The van der Waals surface area contributed by atoms with E-state index >= 15 is 0 Å². The summed E-state index contributed by atoms with van der Waals surface area (Å²) in [6, 6.07) is 5.94. The number of hydrogen-bond donors (Lipinski definition) is 2. The van der Waals surface area contributed by atoms with Crippen LogP contribution in [-0.2, 0) is 13.0 Å². The second-order valence-electron chi connectivity index (χ2n) is 5.58. The van der Waals surface area contributed by atoms with E-state index in [9.17, 15) is 5.11 Å². The van der Waals surface area contributed by atoms with Crippen LogP contribution in [0.1, 0.15) is 24.0 Å². The van der Waals surface area contributed by atoms with Gasteiger partial charge in [-0.25, -0.2) is 0 Å². The van der Waals surface area contributed by atoms with Crippen molar-refractivity contribution >= 4 is 0 Å². The zero-order valence-corrected chi connectivity index (χ0v) is 10.7. The maximum atomic E-state index is 9.80. The Hall–Kier alpha value is -1.06. The molecule has 2 rings (SSSR count). The van der Waals surface area contributed by atoms with Crippen molar-refractivity contribution in [3.8, 4) is 5.75 Å². The van der Waals surface area contributed by atoms with E-state index < -0.39 is 0 Å². The van der Waals surface area contributed by atoms with Crippen molar-refractivity contribution in [2.45, 2.75) is 25.8 Å². The lowest BCUT2D eigenvalue weighted by molar-refractivity contribution is 0.385. The van der Waals surface area contributed by atoms with Gasteiger partial charge in [0, 0.05) is 12.1 Å². The fraction of sp³-hybridized carbons (Fsp3) is 0.571. The summed E-state index contributed by atoms with van der Waals surface area (Å²) in [6.45, 7) is 1.55. The van der Waals surface area contributed by atoms with Gasteiger partial charge < -0.3 is 15.7 Å². The first-order valence-corrected chi connectivity index (χ1v) is 6.20. The number of phenols is 1. The van der Waals surface area contributed by atoms with E-state index in [-0.39, 0.29) is 0 Å². The Bertz CT molecular complexity index is 397. The highest BCUT2D eigenvalue weighted by molar-refractivity contribution is 5.37. The number of hydrogen-bond acceptors (Lipinski definition) is 3. The molecule has 3 nitrogen and oxygen atoms in total. The highest BCUT2D eigenvalue weighted by Gasteiger charge is 2.40. The monoisotopic (exact) mass is 234 g/mol. The van der Waals surface area contributed by atoms with Crippen LogP contribution in [0.5, 0.6) is 5.75 Å². The summed E-state index contributed by atoms with van der Waals surface area (Å²) in [6.07, 6.45) is 3.53. The molecule has 94 valence electrons. The zero-order chi connectivity index (χ0) is 12.5. The Labute approximate surface area is 103 Å². The van der Waals surface area contributed by atoms with Gasteiger partial charge in [0.25, 0.3) is 0 Å². The van der Waals surface area contributed by atoms with E-state index in [0.717, 1.165) is 25.1 Å². The van der Waals surface area contributed by atoms with Gasteiger partial charge in [-0.1, -0.05) is 12.1 Å². The van der Waals surface area contributed by atoms with Gasteiger partial charge >= 0.3 is 0 Å². The van der Waals surface area contributed by atoms with Gasteiger partial charge in [-0.3, -0.25) is 0 Å². The molecular formula is C14H22N2O. The smallest absolute Gasteiger partial charge is 0.120 e. The molecule has 1 aliphatic carbocycles. The molecule has 0 unspecified atom stereocenters. The standard InChI is InChI=1S/C14H22N2O/c1-16(2)9-12-7-11(3-4-13(12)17)8-14(10-15)5-6-14/h3-4,7,17H,5-6,8-10,15H2,1-2H3. The molecule has 1 saturated carbocycles. The first-order valence-electron chi connectivity index (χ1n) is 6.20. The normalized spacial score (nSPS) is 17.4. The number of nitrogens with two attached hydrogens (primary N) is 1. The molecule has 0 aromatic heterocycles. The second-order valence-corrected chi connectivity index (χ2v) is 5.58. The number of benzene rings is 1. The molecule has 1 aromatic carbocycles. The average molecular weight is 234 g/mol. The molecule has 3 N–H and O–H groups in total. The van der Waals surface area contributed by atoms with Crippen LogP contribution in [0.15, 0.2) is 18.2 Å². The topological polar surface area (TPSA) is 49.5 Å². The predicted molar refractivity (Wildman–Crippen MR) is 69.9 cm³/mol. The SMILES string of the molecule is CN(C)Cc1cc(CC2(CN)CC2)ccc1O. The summed E-state index contributed by atoms with van der Waals surface area (Å²) in [5, 5.41) is 9.80. The lowest BCUT2D eigenvalue weighted by Gasteiger charge is -2.15. The van der Waals surface area contributed by atoms with Crippen molar-refractivity contribution < 1.29 is 5.11 Å². The Morgan fingerprint density at radius 3 is 2.59 bits per heavy atom. The molecule has 0 heterocycles. The van der Waals surface area contributed by atoms with Gasteiger partial charge in [0.1, 0.15) is 5.75 Å². The second kappa shape index (κ2) is 4.67. The molecule has 0 aliphatic heterocycles. The van der Waals surface area contributed by atoms with Crippen molar-refractivity contribution in [2.24, 2.45) is 11.1 Å². The first-order chi connectivity index (χ1) is 8.04. The number of phenolic OH excluding ortho intramolecular Hbond substituents is 1. The van der Waals surface area contributed by atoms with E-state index in [1.54, 1.807) is 6.07 Å². The molecule has 0 spiro atoms. The molecule has 0 bridgehead atoms. The van der Waals surface area contributed by atoms with Crippen LogP contribution < -0.4 is 5.73 Å². The van der Waals surface area contributed by atoms with Crippen molar-refractivity contribution in [1.29, 1.82) is 0 Å². The molecule has 1 aliphatic rings. The van der Waals surface area contributed by atoms with Gasteiger partial charge in [-0.2, -0.15) is 0 Å². The van der Waals surface area contributed by atoms with Crippen molar-refractivity contribution in [2.75, 3.05) is 20.6 Å². The Morgan fingerprint density at radius 1 is 1.35 bits per heavy atom. The summed E-state index contributed by atoms with van der Waals surface area (Å²) in [7, 11) is 4.02. The fourth-order valence-electron chi connectivity index (χ4n) is 2.28. The van der Waals surface area contributed by atoms with Gasteiger partial charge in [-0.15, -0.1) is 0 Å². The van der Waals surface area contributed by atoms with Gasteiger partial charge in [0.05, 0.1) is 0 Å². The molecule has 1 fully saturated rings. The highest BCUT2D eigenvalue weighted by atomic mass is 16.3. The molecular weight excluding hydrogens is 212 g/mol. The summed E-state index contributed by atoms with van der Waals surface area (Å²) in [4.78, 5) is 2.06. The molecule has 3 heteroatoms. The zero-order valence-electron chi connectivity index (χ0n) is 10.7. The minimum Gasteiger partial charge on any atom is -0.508 e.